The molecule has 8 N–H and O–H groups in total. The number of H-pyrrole nitrogens is 2. The lowest BCUT2D eigenvalue weighted by Gasteiger charge is -2.25. The molecule has 220 valence electrons. The van der Waals surface area contributed by atoms with E-state index in [0.29, 0.717) is 0 Å². The third kappa shape index (κ3) is 4.94. The third-order valence-corrected chi connectivity index (χ3v) is 7.74. The van der Waals surface area contributed by atoms with E-state index in [4.69, 9.17) is 24.3 Å². The Morgan fingerprint density at radius 3 is 2.56 bits per heavy atom. The summed E-state index contributed by atoms with van der Waals surface area (Å²) in [5.41, 5.74) is 4.60. The van der Waals surface area contributed by atoms with E-state index >= 15 is 0 Å². The van der Waals surface area contributed by atoms with Gasteiger partial charge in [0.1, 0.15) is 30.6 Å². The number of fused-ring (bicyclic) bond motifs is 2. The minimum absolute atomic E-state index is 0.0307. The second kappa shape index (κ2) is 10.4. The third-order valence-electron chi connectivity index (χ3n) is 6.75. The molecule has 0 spiro atoms. The maximum Gasteiger partial charge on any atom is 0.472 e. The molecule has 8 atom stereocenters. The second-order valence-electron chi connectivity index (χ2n) is 9.34. The quantitative estimate of drug-likeness (QED) is 0.101. The van der Waals surface area contributed by atoms with Crippen LogP contribution in [0.2, 0.25) is 0 Å². The van der Waals surface area contributed by atoms with Crippen molar-refractivity contribution in [2.75, 3.05) is 18.9 Å². The van der Waals surface area contributed by atoms with Crippen molar-refractivity contribution >= 4 is 36.1 Å². The number of rotatable bonds is 8. The van der Waals surface area contributed by atoms with Crippen LogP contribution >= 0.6 is 7.82 Å². The standard InChI is InChI=1S/C20H24N9O11P/c21-20-26-16-12(18(34)27-20)25-6-29(16)19-14(13(32)8(2-30)39-19)40-41(35,36)37-3-9-7(31)1-10(38-9)28-5-24-11-15(28)22-4-23-17(11)33/h4-10,13-14,19,30-32H,1-3H2,(H,35,36)(H,22,23,33)(H3,21,26,27,34)/t7?,8-,9-,10-,13?,14+,19-/m1/s1. The van der Waals surface area contributed by atoms with Crippen LogP contribution in [0.3, 0.4) is 0 Å². The molecule has 0 amide bonds. The zero-order valence-electron chi connectivity index (χ0n) is 20.7. The van der Waals surface area contributed by atoms with Crippen molar-refractivity contribution < 1.29 is 43.3 Å². The summed E-state index contributed by atoms with van der Waals surface area (Å²) >= 11 is 0. The van der Waals surface area contributed by atoms with Gasteiger partial charge in [0.15, 0.2) is 28.6 Å². The summed E-state index contributed by atoms with van der Waals surface area (Å²) in [5, 5.41) is 30.8. The van der Waals surface area contributed by atoms with Gasteiger partial charge in [0.2, 0.25) is 5.95 Å². The molecule has 0 radical (unpaired) electrons. The maximum absolute atomic E-state index is 12.9. The van der Waals surface area contributed by atoms with Gasteiger partial charge in [-0.1, -0.05) is 0 Å². The fraction of sp³-hybridized carbons (Fsp3) is 0.500. The first-order valence-electron chi connectivity index (χ1n) is 12.1. The van der Waals surface area contributed by atoms with E-state index < -0.39 is 75.1 Å². The van der Waals surface area contributed by atoms with E-state index in [1.54, 1.807) is 0 Å². The maximum atomic E-state index is 12.9. The Kier molecular flexibility index (Phi) is 6.96. The summed E-state index contributed by atoms with van der Waals surface area (Å²) in [4.78, 5) is 55.3. The van der Waals surface area contributed by atoms with E-state index in [-0.39, 0.29) is 34.7 Å². The molecule has 2 saturated heterocycles. The Hall–Kier alpha value is -3.59. The number of aromatic amines is 2. The van der Waals surface area contributed by atoms with Crippen LogP contribution in [-0.2, 0) is 23.1 Å². The number of phosphoric ester groups is 1. The molecule has 2 aliphatic heterocycles. The fourth-order valence-corrected chi connectivity index (χ4v) is 5.73. The van der Waals surface area contributed by atoms with Crippen LogP contribution in [0.5, 0.6) is 0 Å². The summed E-state index contributed by atoms with van der Waals surface area (Å²) in [6, 6.07) is 0. The van der Waals surface area contributed by atoms with Gasteiger partial charge in [-0.3, -0.25) is 32.8 Å². The molecule has 0 aromatic carbocycles. The number of nitrogens with zero attached hydrogens (tertiary/aromatic N) is 6. The molecule has 4 aromatic heterocycles. The van der Waals surface area contributed by atoms with Gasteiger partial charge in [0.05, 0.1) is 38.3 Å². The molecule has 21 heteroatoms. The first-order chi connectivity index (χ1) is 19.6. The van der Waals surface area contributed by atoms with Gasteiger partial charge in [-0.25, -0.2) is 19.5 Å². The number of nitrogens with two attached hydrogens (primary N) is 1. The largest absolute Gasteiger partial charge is 0.472 e. The zero-order valence-corrected chi connectivity index (χ0v) is 21.6. The van der Waals surface area contributed by atoms with Crippen LogP contribution in [0.15, 0.2) is 28.6 Å². The predicted molar refractivity (Wildman–Crippen MR) is 133 cm³/mol. The Balaban J connectivity index is 1.17. The van der Waals surface area contributed by atoms with Gasteiger partial charge in [0.25, 0.3) is 11.1 Å². The van der Waals surface area contributed by atoms with E-state index in [1.165, 1.54) is 17.2 Å². The lowest BCUT2D eigenvalue weighted by molar-refractivity contribution is -0.0593. The SMILES string of the molecule is Nc1nc2c(ncn2[C@@H]2O[C@H](CO)C(O)[C@@H]2OP(=O)(O)OC[C@H]2O[C@@H](n3cnc4c(=O)[nH]cnc43)CC2O)c(=O)[nH]1. The molecule has 6 rings (SSSR count). The van der Waals surface area contributed by atoms with E-state index in [0.717, 1.165) is 10.9 Å². The van der Waals surface area contributed by atoms with Crippen LogP contribution in [0.1, 0.15) is 18.9 Å². The zero-order chi connectivity index (χ0) is 29.1. The van der Waals surface area contributed by atoms with Gasteiger partial charge < -0.3 is 40.4 Å². The molecule has 0 bridgehead atoms. The smallest absolute Gasteiger partial charge is 0.394 e. The first kappa shape index (κ1) is 27.6. The van der Waals surface area contributed by atoms with Crippen molar-refractivity contribution in [1.29, 1.82) is 0 Å². The highest BCUT2D eigenvalue weighted by Gasteiger charge is 2.49. The number of hydrogen-bond acceptors (Lipinski definition) is 15. The normalized spacial score (nSPS) is 29.9. The van der Waals surface area contributed by atoms with Crippen LogP contribution in [0.25, 0.3) is 22.3 Å². The van der Waals surface area contributed by atoms with Crippen LogP contribution in [0, 0.1) is 0 Å². The Bertz CT molecular complexity index is 1750. The Labute approximate surface area is 226 Å². The van der Waals surface area contributed by atoms with Crippen LogP contribution in [0.4, 0.5) is 5.95 Å². The van der Waals surface area contributed by atoms with Crippen LogP contribution < -0.4 is 16.9 Å². The number of nitrogens with one attached hydrogen (secondary N) is 2. The monoisotopic (exact) mass is 597 g/mol. The summed E-state index contributed by atoms with van der Waals surface area (Å²) in [6.07, 6.45) is -5.21. The summed E-state index contributed by atoms with van der Waals surface area (Å²) in [6.45, 7) is -1.28. The van der Waals surface area contributed by atoms with Crippen LogP contribution in [-0.4, -0.2) is 103 Å². The number of aliphatic hydroxyl groups excluding tert-OH is 3. The van der Waals surface area contributed by atoms with Gasteiger partial charge in [-0.15, -0.1) is 0 Å². The molecule has 4 aromatic rings. The van der Waals surface area contributed by atoms with Gasteiger partial charge >= 0.3 is 7.82 Å². The van der Waals surface area contributed by atoms with Crippen molar-refractivity contribution in [3.8, 4) is 0 Å². The number of nitrogen functional groups attached to an aromatic ring is 1. The molecule has 0 saturated carbocycles. The lowest BCUT2D eigenvalue weighted by Crippen LogP contribution is -2.35. The molecule has 2 fully saturated rings. The molecule has 20 nitrogen and oxygen atoms in total. The Morgan fingerprint density at radius 2 is 1.80 bits per heavy atom. The molecule has 3 unspecified atom stereocenters. The topological polar surface area (TPSA) is 288 Å². The van der Waals surface area contributed by atoms with Crippen molar-refractivity contribution in [2.45, 2.75) is 49.4 Å². The lowest BCUT2D eigenvalue weighted by atomic mass is 10.1. The first-order valence-corrected chi connectivity index (χ1v) is 13.6. The molecule has 41 heavy (non-hydrogen) atoms. The highest BCUT2D eigenvalue weighted by atomic mass is 31.2. The Morgan fingerprint density at radius 1 is 1.07 bits per heavy atom. The second-order valence-corrected chi connectivity index (χ2v) is 10.7. The van der Waals surface area contributed by atoms with Gasteiger partial charge in [-0.2, -0.15) is 4.98 Å². The predicted octanol–water partition coefficient (Wildman–Crippen LogP) is -2.76. The average molecular weight is 597 g/mol. The highest BCUT2D eigenvalue weighted by Crippen LogP contribution is 2.50. The van der Waals surface area contributed by atoms with Gasteiger partial charge in [0, 0.05) is 6.42 Å². The number of ether oxygens (including phenoxy) is 2. The average Bonchev–Trinajstić information content (AvgIpc) is 3.69. The van der Waals surface area contributed by atoms with Crippen molar-refractivity contribution in [1.82, 2.24) is 39.0 Å². The fourth-order valence-electron chi connectivity index (χ4n) is 4.80. The van der Waals surface area contributed by atoms with Gasteiger partial charge in [-0.05, 0) is 0 Å². The minimum Gasteiger partial charge on any atom is -0.394 e. The van der Waals surface area contributed by atoms with E-state index in [1.807, 2.05) is 0 Å². The van der Waals surface area contributed by atoms with E-state index in [9.17, 15) is 34.4 Å². The number of hydrogen-bond donors (Lipinski definition) is 7. The van der Waals surface area contributed by atoms with Crippen molar-refractivity contribution in [2.24, 2.45) is 0 Å². The van der Waals surface area contributed by atoms with Crippen molar-refractivity contribution in [3.05, 3.63) is 39.7 Å². The summed E-state index contributed by atoms with van der Waals surface area (Å²) in [7, 11) is -4.98. The number of anilines is 1. The highest BCUT2D eigenvalue weighted by molar-refractivity contribution is 7.47. The number of imidazole rings is 2. The molecule has 0 aliphatic carbocycles. The number of phosphoric acid groups is 1. The van der Waals surface area contributed by atoms with Crippen molar-refractivity contribution in [3.63, 3.8) is 0 Å². The molecule has 2 aliphatic rings. The molecular formula is C20H24N9O11P. The molecular weight excluding hydrogens is 573 g/mol. The molecule has 6 heterocycles. The van der Waals surface area contributed by atoms with E-state index in [2.05, 4.69) is 29.9 Å². The number of aliphatic hydroxyl groups is 3. The summed E-state index contributed by atoms with van der Waals surface area (Å²) < 4.78 is 37.3. The summed E-state index contributed by atoms with van der Waals surface area (Å²) in [5.74, 6) is -0.241. The number of aromatic nitrogens is 8. The minimum atomic E-state index is -4.98.